The number of aliphatic hydroxyl groups excluding tert-OH is 1. The molecule has 1 aliphatic carbocycles. The Kier molecular flexibility index (Phi) is 9.23. The number of nitrogens with zero attached hydrogens (tertiary/aromatic N) is 2. The molecule has 1 fully saturated rings. The van der Waals surface area contributed by atoms with E-state index in [4.69, 9.17) is 32.9 Å². The summed E-state index contributed by atoms with van der Waals surface area (Å²) in [7, 11) is 1.57. The molecule has 218 valence electrons. The van der Waals surface area contributed by atoms with E-state index in [1.807, 2.05) is 30.3 Å². The van der Waals surface area contributed by atoms with Gasteiger partial charge >= 0.3 is 0 Å². The number of halogens is 2. The number of rotatable bonds is 8. The van der Waals surface area contributed by atoms with Gasteiger partial charge < -0.3 is 20.5 Å². The van der Waals surface area contributed by atoms with E-state index in [2.05, 4.69) is 20.8 Å². The van der Waals surface area contributed by atoms with Gasteiger partial charge in [0, 0.05) is 34.8 Å². The van der Waals surface area contributed by atoms with Crippen LogP contribution >= 0.6 is 23.2 Å². The molecule has 4 N–H and O–H groups in total. The lowest BCUT2D eigenvalue weighted by Crippen LogP contribution is -2.41. The van der Waals surface area contributed by atoms with Crippen LogP contribution in [-0.4, -0.2) is 45.5 Å². The van der Waals surface area contributed by atoms with Crippen LogP contribution in [0.2, 0.25) is 10.0 Å². The van der Waals surface area contributed by atoms with E-state index in [1.165, 1.54) is 6.20 Å². The van der Waals surface area contributed by atoms with E-state index in [0.717, 1.165) is 31.2 Å². The number of H-pyrrole nitrogens is 1. The largest absolute Gasteiger partial charge is 0.481 e. The topological polar surface area (TPSA) is 129 Å². The zero-order valence-electron chi connectivity index (χ0n) is 23.2. The van der Waals surface area contributed by atoms with Gasteiger partial charge in [0.15, 0.2) is 0 Å². The Bertz CT molecular complexity index is 1680. The molecule has 0 saturated heterocycles. The summed E-state index contributed by atoms with van der Waals surface area (Å²) in [4.78, 5) is 29.8. The van der Waals surface area contributed by atoms with Crippen LogP contribution in [0.3, 0.4) is 0 Å². The molecule has 2 aromatic heterocycles. The highest BCUT2D eigenvalue weighted by molar-refractivity contribution is 6.39. The number of aromatic amines is 1. The van der Waals surface area contributed by atoms with Gasteiger partial charge in [-0.05, 0) is 37.5 Å². The van der Waals surface area contributed by atoms with Crippen molar-refractivity contribution in [3.63, 3.8) is 0 Å². The predicted octanol–water partition coefficient (Wildman–Crippen LogP) is 5.77. The maximum absolute atomic E-state index is 12.9. The predicted molar refractivity (Wildman–Crippen MR) is 164 cm³/mol. The number of pyridine rings is 1. The van der Waals surface area contributed by atoms with Gasteiger partial charge in [0.2, 0.25) is 5.88 Å². The van der Waals surface area contributed by atoms with E-state index in [0.29, 0.717) is 51.1 Å². The van der Waals surface area contributed by atoms with Gasteiger partial charge in [-0.2, -0.15) is 5.10 Å². The third-order valence-corrected chi connectivity index (χ3v) is 8.32. The molecule has 0 radical (unpaired) electrons. The number of methoxy groups -OCH3 is 1. The van der Waals surface area contributed by atoms with E-state index in [-0.39, 0.29) is 22.7 Å². The Morgan fingerprint density at radius 1 is 1.05 bits per heavy atom. The number of anilines is 1. The van der Waals surface area contributed by atoms with Crippen molar-refractivity contribution in [2.75, 3.05) is 12.4 Å². The molecular formula is C31H31Cl2N5O4. The minimum Gasteiger partial charge on any atom is -0.481 e. The van der Waals surface area contributed by atoms with Gasteiger partial charge in [-0.15, -0.1) is 0 Å². The first-order valence-electron chi connectivity index (χ1n) is 13.7. The molecule has 1 aliphatic rings. The Morgan fingerprint density at radius 3 is 2.50 bits per heavy atom. The summed E-state index contributed by atoms with van der Waals surface area (Å²) < 4.78 is 5.61. The molecule has 42 heavy (non-hydrogen) atoms. The Labute approximate surface area is 253 Å². The van der Waals surface area contributed by atoms with Crippen molar-refractivity contribution in [1.82, 2.24) is 20.5 Å². The van der Waals surface area contributed by atoms with Crippen LogP contribution in [0.1, 0.15) is 47.2 Å². The van der Waals surface area contributed by atoms with Crippen molar-refractivity contribution < 1.29 is 14.6 Å². The second-order valence-electron chi connectivity index (χ2n) is 10.2. The van der Waals surface area contributed by atoms with Crippen LogP contribution < -0.4 is 20.9 Å². The number of amides is 1. The van der Waals surface area contributed by atoms with Crippen LogP contribution in [0, 0.1) is 6.92 Å². The number of carbonyl (C=O) groups excluding carboxylic acids is 1. The van der Waals surface area contributed by atoms with Crippen molar-refractivity contribution in [3.8, 4) is 28.3 Å². The summed E-state index contributed by atoms with van der Waals surface area (Å²) in [5.74, 6) is -0.130. The first-order valence-corrected chi connectivity index (χ1v) is 14.4. The summed E-state index contributed by atoms with van der Waals surface area (Å²) >= 11 is 13.7. The number of aliphatic hydroxyl groups is 1. The van der Waals surface area contributed by atoms with Crippen molar-refractivity contribution in [2.45, 2.75) is 51.3 Å². The van der Waals surface area contributed by atoms with Crippen molar-refractivity contribution in [2.24, 2.45) is 0 Å². The van der Waals surface area contributed by atoms with Crippen molar-refractivity contribution >= 4 is 34.8 Å². The summed E-state index contributed by atoms with van der Waals surface area (Å²) in [6.07, 6.45) is 4.96. The fourth-order valence-corrected chi connectivity index (χ4v) is 5.85. The highest BCUT2D eigenvalue weighted by Gasteiger charge is 2.23. The fraction of sp³-hybridized carbons (Fsp3) is 0.290. The zero-order chi connectivity index (χ0) is 29.8. The Hall–Kier alpha value is -3.76. The number of hydrogen-bond acceptors (Lipinski definition) is 7. The number of nitrogens with one attached hydrogen (secondary N) is 3. The van der Waals surface area contributed by atoms with E-state index in [1.54, 1.807) is 32.2 Å². The van der Waals surface area contributed by atoms with Gasteiger partial charge in [-0.1, -0.05) is 72.4 Å². The highest BCUT2D eigenvalue weighted by Crippen LogP contribution is 2.41. The summed E-state index contributed by atoms with van der Waals surface area (Å²) in [5, 5.41) is 23.2. The van der Waals surface area contributed by atoms with E-state index in [9.17, 15) is 14.7 Å². The number of carbonyl (C=O) groups is 1. The second kappa shape index (κ2) is 13.0. The molecule has 0 bridgehead atoms. The first kappa shape index (κ1) is 29.7. The molecule has 4 aromatic rings. The minimum atomic E-state index is -0.598. The van der Waals surface area contributed by atoms with E-state index < -0.39 is 11.5 Å². The van der Waals surface area contributed by atoms with Gasteiger partial charge in [-0.3, -0.25) is 9.59 Å². The number of aromatic nitrogens is 3. The molecule has 2 aromatic carbocycles. The number of aryl methyl sites for hydroxylation is 1. The second-order valence-corrected chi connectivity index (χ2v) is 11.0. The number of ether oxygens (including phenoxy) is 1. The fourth-order valence-electron chi connectivity index (χ4n) is 5.25. The summed E-state index contributed by atoms with van der Waals surface area (Å²) in [6.45, 7) is 2.15. The summed E-state index contributed by atoms with van der Waals surface area (Å²) in [5.41, 5.74) is 3.55. The lowest BCUT2D eigenvalue weighted by Gasteiger charge is -2.28. The normalized spacial score (nSPS) is 16.7. The number of hydrogen-bond donors (Lipinski definition) is 4. The van der Waals surface area contributed by atoms with Gasteiger partial charge in [0.25, 0.3) is 11.5 Å². The van der Waals surface area contributed by atoms with Crippen LogP contribution in [0.5, 0.6) is 5.88 Å². The Balaban J connectivity index is 1.42. The van der Waals surface area contributed by atoms with Crippen LogP contribution in [-0.2, 0) is 6.54 Å². The van der Waals surface area contributed by atoms with Gasteiger partial charge in [0.1, 0.15) is 5.56 Å². The molecule has 1 amide bonds. The standard InChI is InChI=1S/C31H31Cl2N5O4/c1-17-15-35-38-30(41)26(17)29(40)36-24-11-6-8-20(28(24)33)19-7-5-9-21(27(19)32)22-14-13-18(31(37-22)42-2)16-34-23-10-3-4-12-25(23)39/h5-9,11,13-15,23,25,34,39H,3-4,10,12,16H2,1-2H3,(H,36,40)(H,38,41)/t23-,25+/m1/s1. The minimum absolute atomic E-state index is 0.0416. The zero-order valence-corrected chi connectivity index (χ0v) is 24.7. The number of benzene rings is 2. The Morgan fingerprint density at radius 2 is 1.76 bits per heavy atom. The molecule has 0 aliphatic heterocycles. The van der Waals surface area contributed by atoms with Crippen LogP contribution in [0.25, 0.3) is 22.4 Å². The molecule has 1 saturated carbocycles. The molecule has 9 nitrogen and oxygen atoms in total. The highest BCUT2D eigenvalue weighted by atomic mass is 35.5. The molecule has 2 atom stereocenters. The maximum atomic E-state index is 12.9. The monoisotopic (exact) mass is 607 g/mol. The van der Waals surface area contributed by atoms with Gasteiger partial charge in [0.05, 0.1) is 40.8 Å². The molecule has 11 heteroatoms. The SMILES string of the molecule is COc1nc(-c2cccc(-c3cccc(NC(=O)c4c(C)cn[nH]c4=O)c3Cl)c2Cl)ccc1CN[C@@H]1CCCC[C@@H]1O. The third kappa shape index (κ3) is 6.19. The average molecular weight is 609 g/mol. The van der Waals surface area contributed by atoms with Crippen LogP contribution in [0.15, 0.2) is 59.5 Å². The van der Waals surface area contributed by atoms with Crippen molar-refractivity contribution in [3.05, 3.63) is 91.8 Å². The lowest BCUT2D eigenvalue weighted by atomic mass is 9.92. The molecule has 0 unspecified atom stereocenters. The van der Waals surface area contributed by atoms with E-state index >= 15 is 0 Å². The summed E-state index contributed by atoms with van der Waals surface area (Å²) in [6, 6.07) is 14.6. The molecule has 0 spiro atoms. The average Bonchev–Trinajstić information content (AvgIpc) is 2.98. The lowest BCUT2D eigenvalue weighted by molar-refractivity contribution is 0.0901. The molecule has 5 rings (SSSR count). The van der Waals surface area contributed by atoms with Crippen molar-refractivity contribution in [1.29, 1.82) is 0 Å². The third-order valence-electron chi connectivity index (χ3n) is 7.50. The molecular weight excluding hydrogens is 577 g/mol. The first-order chi connectivity index (χ1) is 20.3. The molecule has 2 heterocycles. The maximum Gasteiger partial charge on any atom is 0.277 e. The quantitative estimate of drug-likeness (QED) is 0.200. The smallest absolute Gasteiger partial charge is 0.277 e. The van der Waals surface area contributed by atoms with Crippen LogP contribution in [0.4, 0.5) is 5.69 Å². The van der Waals surface area contributed by atoms with Gasteiger partial charge in [-0.25, -0.2) is 10.1 Å².